The lowest BCUT2D eigenvalue weighted by molar-refractivity contribution is 0.143. The van der Waals surface area contributed by atoms with Crippen LogP contribution in [-0.2, 0) is 29.5 Å². The minimum Gasteiger partial charge on any atom is -0.378 e. The molecule has 0 saturated heterocycles. The molecule has 1 aromatic heterocycles. The molecule has 0 aliphatic carbocycles. The van der Waals surface area contributed by atoms with Gasteiger partial charge in [-0.2, -0.15) is 0 Å². The summed E-state index contributed by atoms with van der Waals surface area (Å²) in [6.45, 7) is 10.5. The Bertz CT molecular complexity index is 1090. The van der Waals surface area contributed by atoms with E-state index in [0.717, 1.165) is 37.4 Å². The van der Waals surface area contributed by atoms with Gasteiger partial charge in [-0.1, -0.05) is 37.8 Å². The first-order chi connectivity index (χ1) is 14.9. The predicted octanol–water partition coefficient (Wildman–Crippen LogP) is 1.71. The van der Waals surface area contributed by atoms with Crippen LogP contribution < -0.4 is 4.72 Å². The summed E-state index contributed by atoms with van der Waals surface area (Å²) >= 11 is 0. The van der Waals surface area contributed by atoms with Gasteiger partial charge in [0, 0.05) is 38.2 Å². The monoisotopic (exact) mass is 459 g/mol. The standard InChI is InChI=1S/C23H33N5O3S/c1-17(2)21(26-32(5,30)31)22-25-24-20-11-13-27(14-15-28(20)22)16-19-8-6-18(7-9-19)10-12-23(3,4)29/h6-9,17,21,26,29H,11,13-16H2,1-5H3. The fourth-order valence-electron chi connectivity index (χ4n) is 3.67. The highest BCUT2D eigenvalue weighted by molar-refractivity contribution is 7.88. The van der Waals surface area contributed by atoms with E-state index < -0.39 is 21.7 Å². The number of sulfonamides is 1. The Morgan fingerprint density at radius 1 is 1.16 bits per heavy atom. The lowest BCUT2D eigenvalue weighted by Gasteiger charge is -2.22. The van der Waals surface area contributed by atoms with Gasteiger partial charge in [-0.15, -0.1) is 10.2 Å². The van der Waals surface area contributed by atoms with E-state index in [-0.39, 0.29) is 5.92 Å². The molecule has 174 valence electrons. The molecular formula is C23H33N5O3S. The van der Waals surface area contributed by atoms with Crippen molar-refractivity contribution < 1.29 is 13.5 Å². The van der Waals surface area contributed by atoms with E-state index in [2.05, 4.69) is 48.4 Å². The lowest BCUT2D eigenvalue weighted by atomic mass is 10.1. The fraction of sp³-hybridized carbons (Fsp3) is 0.565. The number of benzene rings is 1. The van der Waals surface area contributed by atoms with Crippen LogP contribution in [0, 0.1) is 17.8 Å². The Kier molecular flexibility index (Phi) is 7.40. The summed E-state index contributed by atoms with van der Waals surface area (Å²) in [5, 5.41) is 18.4. The zero-order valence-corrected chi connectivity index (χ0v) is 20.3. The Morgan fingerprint density at radius 3 is 2.44 bits per heavy atom. The largest absolute Gasteiger partial charge is 0.378 e. The summed E-state index contributed by atoms with van der Waals surface area (Å²) in [5.41, 5.74) is 1.06. The maximum atomic E-state index is 11.8. The van der Waals surface area contributed by atoms with Crippen LogP contribution in [0.4, 0.5) is 0 Å². The lowest BCUT2D eigenvalue weighted by Crippen LogP contribution is -2.33. The minimum atomic E-state index is -3.36. The van der Waals surface area contributed by atoms with E-state index in [4.69, 9.17) is 0 Å². The summed E-state index contributed by atoms with van der Waals surface area (Å²) in [5.74, 6) is 7.44. The summed E-state index contributed by atoms with van der Waals surface area (Å²) in [7, 11) is -3.36. The molecule has 1 unspecified atom stereocenters. The van der Waals surface area contributed by atoms with Gasteiger partial charge in [0.15, 0.2) is 5.82 Å². The van der Waals surface area contributed by atoms with Crippen LogP contribution in [0.15, 0.2) is 24.3 Å². The van der Waals surface area contributed by atoms with Gasteiger partial charge in [-0.05, 0) is 37.5 Å². The first-order valence-corrected chi connectivity index (χ1v) is 12.8. The molecule has 0 bridgehead atoms. The van der Waals surface area contributed by atoms with Crippen molar-refractivity contribution in [2.75, 3.05) is 19.3 Å². The molecule has 1 atom stereocenters. The molecule has 3 rings (SSSR count). The number of fused-ring (bicyclic) bond motifs is 1. The molecule has 1 aromatic carbocycles. The average Bonchev–Trinajstić information content (AvgIpc) is 2.98. The predicted molar refractivity (Wildman–Crippen MR) is 124 cm³/mol. The molecule has 32 heavy (non-hydrogen) atoms. The zero-order valence-electron chi connectivity index (χ0n) is 19.5. The molecule has 2 heterocycles. The topological polar surface area (TPSA) is 100 Å². The van der Waals surface area contributed by atoms with Gasteiger partial charge in [0.05, 0.1) is 12.3 Å². The maximum Gasteiger partial charge on any atom is 0.209 e. The van der Waals surface area contributed by atoms with Gasteiger partial charge in [-0.25, -0.2) is 13.1 Å². The number of hydrogen-bond donors (Lipinski definition) is 2. The molecule has 2 aromatic rings. The van der Waals surface area contributed by atoms with Crippen molar-refractivity contribution in [2.45, 2.75) is 58.8 Å². The number of nitrogens with one attached hydrogen (secondary N) is 1. The number of aromatic nitrogens is 3. The minimum absolute atomic E-state index is 0.0513. The second-order valence-electron chi connectivity index (χ2n) is 9.27. The molecule has 0 amide bonds. The SMILES string of the molecule is CC(C)C(NS(C)(=O)=O)c1nnc2n1CCN(Cc1ccc(C#CC(C)(C)O)cc1)CC2. The van der Waals surface area contributed by atoms with Crippen molar-refractivity contribution >= 4 is 10.0 Å². The van der Waals surface area contributed by atoms with Crippen LogP contribution in [0.3, 0.4) is 0 Å². The molecule has 9 heteroatoms. The second-order valence-corrected chi connectivity index (χ2v) is 11.0. The first kappa shape index (κ1) is 24.4. The summed E-state index contributed by atoms with van der Waals surface area (Å²) < 4.78 is 28.5. The van der Waals surface area contributed by atoms with Crippen LogP contribution >= 0.6 is 0 Å². The van der Waals surface area contributed by atoms with Gasteiger partial charge in [-0.3, -0.25) is 4.90 Å². The van der Waals surface area contributed by atoms with Crippen molar-refractivity contribution in [1.82, 2.24) is 24.4 Å². The van der Waals surface area contributed by atoms with Crippen molar-refractivity contribution in [3.8, 4) is 11.8 Å². The number of rotatable bonds is 6. The fourth-order valence-corrected chi connectivity index (χ4v) is 4.51. The van der Waals surface area contributed by atoms with Gasteiger partial charge < -0.3 is 9.67 Å². The molecule has 8 nitrogen and oxygen atoms in total. The second kappa shape index (κ2) is 9.71. The highest BCUT2D eigenvalue weighted by Crippen LogP contribution is 2.23. The van der Waals surface area contributed by atoms with Gasteiger partial charge in [0.2, 0.25) is 10.0 Å². The average molecular weight is 460 g/mol. The number of hydrogen-bond acceptors (Lipinski definition) is 6. The highest BCUT2D eigenvalue weighted by atomic mass is 32.2. The van der Waals surface area contributed by atoms with Crippen LogP contribution in [0.5, 0.6) is 0 Å². The molecule has 0 radical (unpaired) electrons. The Labute approximate surface area is 191 Å². The van der Waals surface area contributed by atoms with Crippen molar-refractivity contribution in [2.24, 2.45) is 5.92 Å². The van der Waals surface area contributed by atoms with Crippen molar-refractivity contribution in [3.05, 3.63) is 47.0 Å². The van der Waals surface area contributed by atoms with Crippen LogP contribution in [0.25, 0.3) is 0 Å². The molecule has 1 aliphatic rings. The Hall–Kier alpha value is -2.25. The van der Waals surface area contributed by atoms with Gasteiger partial charge in [0.1, 0.15) is 11.4 Å². The Balaban J connectivity index is 1.68. The molecule has 2 N–H and O–H groups in total. The van der Waals surface area contributed by atoms with E-state index >= 15 is 0 Å². The first-order valence-electron chi connectivity index (χ1n) is 10.9. The van der Waals surface area contributed by atoms with E-state index in [1.165, 1.54) is 11.8 Å². The highest BCUT2D eigenvalue weighted by Gasteiger charge is 2.28. The van der Waals surface area contributed by atoms with Crippen LogP contribution in [0.2, 0.25) is 0 Å². The number of nitrogens with zero attached hydrogens (tertiary/aromatic N) is 4. The summed E-state index contributed by atoms with van der Waals surface area (Å²) in [4.78, 5) is 2.37. The molecular weight excluding hydrogens is 426 g/mol. The van der Waals surface area contributed by atoms with E-state index in [1.807, 2.05) is 26.0 Å². The molecule has 0 fully saturated rings. The number of aliphatic hydroxyl groups is 1. The third kappa shape index (κ3) is 6.87. The molecule has 0 spiro atoms. The van der Waals surface area contributed by atoms with E-state index in [0.29, 0.717) is 12.4 Å². The summed E-state index contributed by atoms with van der Waals surface area (Å²) in [6, 6.07) is 7.67. The van der Waals surface area contributed by atoms with E-state index in [9.17, 15) is 13.5 Å². The van der Waals surface area contributed by atoms with Crippen LogP contribution in [-0.4, -0.2) is 58.1 Å². The van der Waals surface area contributed by atoms with Crippen LogP contribution in [0.1, 0.15) is 56.5 Å². The zero-order chi connectivity index (χ0) is 23.5. The van der Waals surface area contributed by atoms with E-state index in [1.54, 1.807) is 13.8 Å². The normalized spacial score (nSPS) is 16.2. The Morgan fingerprint density at radius 2 is 1.84 bits per heavy atom. The quantitative estimate of drug-likeness (QED) is 0.638. The van der Waals surface area contributed by atoms with Crippen molar-refractivity contribution in [1.29, 1.82) is 0 Å². The van der Waals surface area contributed by atoms with Gasteiger partial charge >= 0.3 is 0 Å². The smallest absolute Gasteiger partial charge is 0.209 e. The maximum absolute atomic E-state index is 11.8. The third-order valence-corrected chi connectivity index (χ3v) is 5.99. The summed E-state index contributed by atoms with van der Waals surface area (Å²) in [6.07, 6.45) is 1.93. The molecule has 0 saturated carbocycles. The van der Waals surface area contributed by atoms with Gasteiger partial charge in [0.25, 0.3) is 0 Å². The third-order valence-electron chi connectivity index (χ3n) is 5.31. The van der Waals surface area contributed by atoms with Crippen molar-refractivity contribution in [3.63, 3.8) is 0 Å². The molecule has 1 aliphatic heterocycles.